The summed E-state index contributed by atoms with van der Waals surface area (Å²) < 4.78 is 0. The Morgan fingerprint density at radius 2 is 1.70 bits per heavy atom. The molecule has 4 rings (SSSR count). The maximum Gasteiger partial charge on any atom is 0.224 e. The molecule has 0 aliphatic heterocycles. The van der Waals surface area contributed by atoms with E-state index in [1.54, 1.807) is 7.05 Å². The summed E-state index contributed by atoms with van der Waals surface area (Å²) in [6.07, 6.45) is 3.49. The Balaban J connectivity index is 1.83. The van der Waals surface area contributed by atoms with E-state index in [1.165, 1.54) is 17.5 Å². The van der Waals surface area contributed by atoms with Gasteiger partial charge in [0.2, 0.25) is 5.91 Å². The Morgan fingerprint density at radius 1 is 1.04 bits per heavy atom. The van der Waals surface area contributed by atoms with Gasteiger partial charge in [0.1, 0.15) is 0 Å². The van der Waals surface area contributed by atoms with Gasteiger partial charge in [0.05, 0.1) is 5.92 Å². The first-order chi connectivity index (χ1) is 11.3. The summed E-state index contributed by atoms with van der Waals surface area (Å²) in [6.45, 7) is 0. The lowest BCUT2D eigenvalue weighted by atomic mass is 9.65. The van der Waals surface area contributed by atoms with Crippen molar-refractivity contribution in [1.29, 1.82) is 0 Å². The van der Waals surface area contributed by atoms with Crippen LogP contribution in [0.5, 0.6) is 0 Å². The van der Waals surface area contributed by atoms with Gasteiger partial charge in [-0.1, -0.05) is 60.7 Å². The van der Waals surface area contributed by atoms with Crippen LogP contribution in [0.25, 0.3) is 0 Å². The zero-order valence-corrected chi connectivity index (χ0v) is 13.5. The normalized spacial score (nSPS) is 32.0. The third-order valence-electron chi connectivity index (χ3n) is 6.11. The molecule has 2 aliphatic carbocycles. The zero-order valence-electron chi connectivity index (χ0n) is 13.5. The van der Waals surface area contributed by atoms with Gasteiger partial charge in [0.25, 0.3) is 0 Å². The molecular weight excluding hydrogens is 282 g/mol. The quantitative estimate of drug-likeness (QED) is 0.916. The number of hydrogen-bond acceptors (Lipinski definition) is 1. The summed E-state index contributed by atoms with van der Waals surface area (Å²) in [5.41, 5.74) is 2.67. The molecule has 23 heavy (non-hydrogen) atoms. The maximum absolute atomic E-state index is 12.9. The summed E-state index contributed by atoms with van der Waals surface area (Å²) >= 11 is 0. The first-order valence-corrected chi connectivity index (χ1v) is 8.58. The highest BCUT2D eigenvalue weighted by molar-refractivity contribution is 5.82. The molecular formula is C21H23NO. The van der Waals surface area contributed by atoms with Crippen molar-refractivity contribution >= 4 is 5.91 Å². The molecule has 2 aromatic rings. The van der Waals surface area contributed by atoms with Crippen LogP contribution in [-0.2, 0) is 10.2 Å². The van der Waals surface area contributed by atoms with E-state index in [9.17, 15) is 4.79 Å². The largest absolute Gasteiger partial charge is 0.359 e. The Labute approximate surface area is 137 Å². The standard InChI is InChI=1S/C21H23NO/c1-22-20(23)19-18(15-8-4-2-5-9-15)16-12-13-21(19,14-16)17-10-6-3-7-11-17/h2-11,16,18-19H,12-14H2,1H3,(H,22,23). The van der Waals surface area contributed by atoms with Gasteiger partial charge in [0, 0.05) is 12.5 Å². The molecule has 4 atom stereocenters. The SMILES string of the molecule is CNC(=O)C1C(c2ccccc2)C2CCC1(c1ccccc1)C2. The number of fused-ring (bicyclic) bond motifs is 2. The van der Waals surface area contributed by atoms with E-state index in [-0.39, 0.29) is 17.2 Å². The van der Waals surface area contributed by atoms with Gasteiger partial charge in [-0.3, -0.25) is 4.79 Å². The van der Waals surface area contributed by atoms with Crippen LogP contribution in [0.2, 0.25) is 0 Å². The molecule has 4 unspecified atom stereocenters. The van der Waals surface area contributed by atoms with Crippen LogP contribution in [0.1, 0.15) is 36.3 Å². The van der Waals surface area contributed by atoms with Gasteiger partial charge in [-0.25, -0.2) is 0 Å². The van der Waals surface area contributed by atoms with Crippen molar-refractivity contribution < 1.29 is 4.79 Å². The van der Waals surface area contributed by atoms with Gasteiger partial charge < -0.3 is 5.32 Å². The number of amides is 1. The molecule has 0 spiro atoms. The first kappa shape index (κ1) is 14.5. The molecule has 0 heterocycles. The Kier molecular flexibility index (Phi) is 3.48. The molecule has 0 radical (unpaired) electrons. The molecule has 118 valence electrons. The number of carbonyl (C=O) groups is 1. The van der Waals surface area contributed by atoms with Gasteiger partial charge in [0.15, 0.2) is 0 Å². The second-order valence-electron chi connectivity index (χ2n) is 7.05. The Bertz CT molecular complexity index is 696. The summed E-state index contributed by atoms with van der Waals surface area (Å²) in [4.78, 5) is 12.9. The summed E-state index contributed by atoms with van der Waals surface area (Å²) in [5, 5.41) is 2.95. The maximum atomic E-state index is 12.9. The molecule has 0 saturated heterocycles. The van der Waals surface area contributed by atoms with Gasteiger partial charge in [-0.15, -0.1) is 0 Å². The number of rotatable bonds is 3. The minimum atomic E-state index is 0.00648. The van der Waals surface area contributed by atoms with Crippen molar-refractivity contribution in [2.75, 3.05) is 7.05 Å². The number of carbonyl (C=O) groups excluding carboxylic acids is 1. The lowest BCUT2D eigenvalue weighted by molar-refractivity contribution is -0.127. The van der Waals surface area contributed by atoms with E-state index in [1.807, 2.05) is 0 Å². The van der Waals surface area contributed by atoms with Crippen molar-refractivity contribution in [2.24, 2.45) is 11.8 Å². The summed E-state index contributed by atoms with van der Waals surface area (Å²) in [6, 6.07) is 21.3. The smallest absolute Gasteiger partial charge is 0.224 e. The molecule has 2 aromatic carbocycles. The summed E-state index contributed by atoms with van der Waals surface area (Å²) in [5.74, 6) is 1.19. The van der Waals surface area contributed by atoms with Gasteiger partial charge >= 0.3 is 0 Å². The van der Waals surface area contributed by atoms with Crippen molar-refractivity contribution in [3.8, 4) is 0 Å². The number of nitrogens with one attached hydrogen (secondary N) is 1. The predicted molar refractivity (Wildman–Crippen MR) is 92.2 cm³/mol. The number of benzene rings is 2. The van der Waals surface area contributed by atoms with E-state index in [0.717, 1.165) is 12.8 Å². The van der Waals surface area contributed by atoms with Crippen molar-refractivity contribution in [2.45, 2.75) is 30.6 Å². The second kappa shape index (κ2) is 5.52. The van der Waals surface area contributed by atoms with Crippen LogP contribution in [0.15, 0.2) is 60.7 Å². The molecule has 2 bridgehead atoms. The van der Waals surface area contributed by atoms with Crippen LogP contribution in [0, 0.1) is 11.8 Å². The minimum absolute atomic E-state index is 0.00648. The number of hydrogen-bond donors (Lipinski definition) is 1. The molecule has 1 N–H and O–H groups in total. The molecule has 2 saturated carbocycles. The fourth-order valence-corrected chi connectivity index (χ4v) is 5.24. The van der Waals surface area contributed by atoms with Crippen molar-refractivity contribution in [3.05, 3.63) is 71.8 Å². The van der Waals surface area contributed by atoms with Crippen LogP contribution in [-0.4, -0.2) is 13.0 Å². The van der Waals surface area contributed by atoms with E-state index in [4.69, 9.17) is 0 Å². The molecule has 2 nitrogen and oxygen atoms in total. The first-order valence-electron chi connectivity index (χ1n) is 8.58. The predicted octanol–water partition coefficient (Wildman–Crippen LogP) is 3.88. The summed E-state index contributed by atoms with van der Waals surface area (Å²) in [7, 11) is 1.77. The van der Waals surface area contributed by atoms with Crippen molar-refractivity contribution in [1.82, 2.24) is 5.32 Å². The highest BCUT2D eigenvalue weighted by Gasteiger charge is 2.60. The van der Waals surface area contributed by atoms with E-state index in [2.05, 4.69) is 66.0 Å². The molecule has 1 amide bonds. The lowest BCUT2D eigenvalue weighted by Gasteiger charge is -2.39. The molecule has 0 aromatic heterocycles. The van der Waals surface area contributed by atoms with E-state index >= 15 is 0 Å². The topological polar surface area (TPSA) is 29.1 Å². The van der Waals surface area contributed by atoms with Crippen LogP contribution in [0.4, 0.5) is 0 Å². The highest BCUT2D eigenvalue weighted by Crippen LogP contribution is 2.64. The zero-order chi connectivity index (χ0) is 15.9. The lowest BCUT2D eigenvalue weighted by Crippen LogP contribution is -2.43. The molecule has 2 fully saturated rings. The van der Waals surface area contributed by atoms with Crippen LogP contribution in [0.3, 0.4) is 0 Å². The third kappa shape index (κ3) is 2.12. The van der Waals surface area contributed by atoms with Crippen LogP contribution < -0.4 is 5.32 Å². The van der Waals surface area contributed by atoms with E-state index in [0.29, 0.717) is 11.8 Å². The van der Waals surface area contributed by atoms with Gasteiger partial charge in [-0.05, 0) is 42.2 Å². The average Bonchev–Trinajstić information content (AvgIpc) is 3.20. The Hall–Kier alpha value is -2.09. The fraction of sp³-hybridized carbons (Fsp3) is 0.381. The average molecular weight is 305 g/mol. The third-order valence-corrected chi connectivity index (χ3v) is 6.11. The second-order valence-corrected chi connectivity index (χ2v) is 7.05. The van der Waals surface area contributed by atoms with E-state index < -0.39 is 0 Å². The minimum Gasteiger partial charge on any atom is -0.359 e. The monoisotopic (exact) mass is 305 g/mol. The highest BCUT2D eigenvalue weighted by atomic mass is 16.1. The fourth-order valence-electron chi connectivity index (χ4n) is 5.24. The molecule has 2 aliphatic rings. The Morgan fingerprint density at radius 3 is 2.35 bits per heavy atom. The van der Waals surface area contributed by atoms with Crippen molar-refractivity contribution in [3.63, 3.8) is 0 Å². The van der Waals surface area contributed by atoms with Crippen LogP contribution >= 0.6 is 0 Å². The van der Waals surface area contributed by atoms with Gasteiger partial charge in [-0.2, -0.15) is 0 Å². The molecule has 2 heteroatoms.